The van der Waals surface area contributed by atoms with Crippen molar-refractivity contribution in [3.05, 3.63) is 59.3 Å². The zero-order chi connectivity index (χ0) is 16.4. The molecule has 0 amide bonds. The number of nitrogens with zero attached hydrogens (tertiary/aromatic N) is 4. The molecule has 24 heavy (non-hydrogen) atoms. The van der Waals surface area contributed by atoms with Gasteiger partial charge in [-0.1, -0.05) is 24.3 Å². The van der Waals surface area contributed by atoms with Gasteiger partial charge in [0.15, 0.2) is 0 Å². The van der Waals surface area contributed by atoms with Crippen molar-refractivity contribution in [3.63, 3.8) is 0 Å². The highest BCUT2D eigenvalue weighted by atomic mass is 15.3. The van der Waals surface area contributed by atoms with Gasteiger partial charge in [0, 0.05) is 38.4 Å². The molecule has 1 aromatic heterocycles. The average Bonchev–Trinajstić information content (AvgIpc) is 2.68. The summed E-state index contributed by atoms with van der Waals surface area (Å²) in [4.78, 5) is 9.37. The van der Waals surface area contributed by atoms with E-state index in [1.807, 2.05) is 6.07 Å². The second-order valence-electron chi connectivity index (χ2n) is 6.64. The first-order chi connectivity index (χ1) is 11.8. The fraction of sp³-hybridized carbons (Fsp3) is 0.400. The molecule has 4 rings (SSSR count). The Bertz CT molecular complexity index is 756. The molecule has 0 saturated carbocycles. The van der Waals surface area contributed by atoms with Gasteiger partial charge in [-0.05, 0) is 42.5 Å². The smallest absolute Gasteiger partial charge is 0.129 e. The summed E-state index contributed by atoms with van der Waals surface area (Å²) < 4.78 is 0. The highest BCUT2D eigenvalue weighted by Gasteiger charge is 2.28. The number of rotatable bonds is 2. The maximum atomic E-state index is 9.06. The molecule has 1 saturated heterocycles. The third-order valence-corrected chi connectivity index (χ3v) is 5.29. The van der Waals surface area contributed by atoms with Crippen molar-refractivity contribution < 1.29 is 0 Å². The maximum Gasteiger partial charge on any atom is 0.129 e. The lowest BCUT2D eigenvalue weighted by molar-refractivity contribution is 0.168. The van der Waals surface area contributed by atoms with Crippen LogP contribution in [0.4, 0.5) is 5.82 Å². The van der Waals surface area contributed by atoms with Crippen molar-refractivity contribution in [3.8, 4) is 6.07 Å². The van der Waals surface area contributed by atoms with Crippen LogP contribution < -0.4 is 4.90 Å². The van der Waals surface area contributed by atoms with Crippen LogP contribution in [0.25, 0.3) is 0 Å². The molecular formula is C20H22N4. The van der Waals surface area contributed by atoms with Gasteiger partial charge in [0.25, 0.3) is 0 Å². The van der Waals surface area contributed by atoms with Crippen LogP contribution in [0.2, 0.25) is 0 Å². The molecular weight excluding hydrogens is 296 g/mol. The van der Waals surface area contributed by atoms with E-state index in [9.17, 15) is 0 Å². The Balaban J connectivity index is 1.46. The van der Waals surface area contributed by atoms with Crippen LogP contribution >= 0.6 is 0 Å². The summed E-state index contributed by atoms with van der Waals surface area (Å²) in [5.41, 5.74) is 3.74. The summed E-state index contributed by atoms with van der Waals surface area (Å²) in [6, 6.07) is 15.3. The molecule has 1 aromatic carbocycles. The van der Waals surface area contributed by atoms with Crippen LogP contribution in [0.3, 0.4) is 0 Å². The molecule has 0 N–H and O–H groups in total. The van der Waals surface area contributed by atoms with Gasteiger partial charge in [-0.25, -0.2) is 4.98 Å². The number of aromatic nitrogens is 1. The zero-order valence-corrected chi connectivity index (χ0v) is 13.9. The summed E-state index contributed by atoms with van der Waals surface area (Å²) >= 11 is 0. The van der Waals surface area contributed by atoms with Crippen LogP contribution in [0, 0.1) is 11.3 Å². The largest absolute Gasteiger partial charge is 0.354 e. The second kappa shape index (κ2) is 6.62. The van der Waals surface area contributed by atoms with E-state index in [-0.39, 0.29) is 0 Å². The van der Waals surface area contributed by atoms with Crippen LogP contribution in [0.15, 0.2) is 42.6 Å². The summed E-state index contributed by atoms with van der Waals surface area (Å²) in [6.07, 6.45) is 5.50. The average molecular weight is 318 g/mol. The molecule has 2 heterocycles. The van der Waals surface area contributed by atoms with Crippen molar-refractivity contribution in [1.82, 2.24) is 9.88 Å². The minimum absolute atomic E-state index is 0.565. The Kier molecular flexibility index (Phi) is 4.18. The minimum Gasteiger partial charge on any atom is -0.354 e. The first kappa shape index (κ1) is 15.2. The minimum atomic E-state index is 0.565. The molecule has 122 valence electrons. The summed E-state index contributed by atoms with van der Waals surface area (Å²) in [5.74, 6) is 0.928. The van der Waals surface area contributed by atoms with E-state index in [0.29, 0.717) is 11.6 Å². The predicted octanol–water partition coefficient (Wildman–Crippen LogP) is 3.15. The van der Waals surface area contributed by atoms with Gasteiger partial charge in [0.1, 0.15) is 5.82 Å². The summed E-state index contributed by atoms with van der Waals surface area (Å²) in [6.45, 7) is 4.05. The highest BCUT2D eigenvalue weighted by Crippen LogP contribution is 2.34. The standard InChI is InChI=1S/C20H22N4/c21-15-16-8-9-22-20(14-16)24-12-10-23(11-13-24)19-7-3-5-17-4-1-2-6-18(17)19/h1-2,4,6,8-9,14,19H,3,5,7,10-13H2. The number of pyridine rings is 1. The molecule has 4 heteroatoms. The molecule has 0 radical (unpaired) electrons. The number of anilines is 1. The SMILES string of the molecule is N#Cc1ccnc(N2CCN(C3CCCc4ccccc43)CC2)c1. The Morgan fingerprint density at radius 3 is 2.75 bits per heavy atom. The number of piperazine rings is 1. The Morgan fingerprint density at radius 1 is 1.08 bits per heavy atom. The Morgan fingerprint density at radius 2 is 1.92 bits per heavy atom. The van der Waals surface area contributed by atoms with Crippen molar-refractivity contribution >= 4 is 5.82 Å². The maximum absolute atomic E-state index is 9.06. The lowest BCUT2D eigenvalue weighted by atomic mass is 9.86. The van der Waals surface area contributed by atoms with E-state index < -0.39 is 0 Å². The monoisotopic (exact) mass is 318 g/mol. The fourth-order valence-corrected chi connectivity index (χ4v) is 4.03. The van der Waals surface area contributed by atoms with Gasteiger partial charge in [0.2, 0.25) is 0 Å². The van der Waals surface area contributed by atoms with Gasteiger partial charge >= 0.3 is 0 Å². The van der Waals surface area contributed by atoms with E-state index in [4.69, 9.17) is 5.26 Å². The molecule has 1 aliphatic heterocycles. The normalized spacial score (nSPS) is 21.1. The molecule has 1 unspecified atom stereocenters. The molecule has 2 aliphatic rings. The van der Waals surface area contributed by atoms with Gasteiger partial charge in [-0.3, -0.25) is 4.90 Å². The van der Waals surface area contributed by atoms with Crippen molar-refractivity contribution in [2.24, 2.45) is 0 Å². The van der Waals surface area contributed by atoms with Crippen molar-refractivity contribution in [2.45, 2.75) is 25.3 Å². The van der Waals surface area contributed by atoms with Gasteiger partial charge in [-0.2, -0.15) is 5.26 Å². The number of nitriles is 1. The van der Waals surface area contributed by atoms with E-state index in [1.165, 1.54) is 30.4 Å². The lowest BCUT2D eigenvalue weighted by Crippen LogP contribution is -2.48. The quantitative estimate of drug-likeness (QED) is 0.853. The fourth-order valence-electron chi connectivity index (χ4n) is 4.03. The van der Waals surface area contributed by atoms with E-state index in [2.05, 4.69) is 45.1 Å². The first-order valence-corrected chi connectivity index (χ1v) is 8.78. The molecule has 1 aliphatic carbocycles. The third-order valence-electron chi connectivity index (χ3n) is 5.29. The lowest BCUT2D eigenvalue weighted by Gasteiger charge is -2.41. The van der Waals surface area contributed by atoms with Crippen LogP contribution in [0.5, 0.6) is 0 Å². The second-order valence-corrected chi connectivity index (χ2v) is 6.64. The van der Waals surface area contributed by atoms with Gasteiger partial charge in [-0.15, -0.1) is 0 Å². The van der Waals surface area contributed by atoms with E-state index in [0.717, 1.165) is 32.0 Å². The first-order valence-electron chi connectivity index (χ1n) is 8.78. The number of fused-ring (bicyclic) bond motifs is 1. The van der Waals surface area contributed by atoms with Gasteiger partial charge in [0.05, 0.1) is 11.6 Å². The molecule has 0 bridgehead atoms. The van der Waals surface area contributed by atoms with Gasteiger partial charge < -0.3 is 4.90 Å². The molecule has 1 fully saturated rings. The van der Waals surface area contributed by atoms with Crippen LogP contribution in [-0.2, 0) is 6.42 Å². The Hall–Kier alpha value is -2.38. The molecule has 1 atom stereocenters. The Labute approximate surface area is 143 Å². The third kappa shape index (κ3) is 2.88. The molecule has 2 aromatic rings. The zero-order valence-electron chi connectivity index (χ0n) is 13.9. The summed E-state index contributed by atoms with van der Waals surface area (Å²) in [5, 5.41) is 9.06. The number of aryl methyl sites for hydroxylation is 1. The van der Waals surface area contributed by atoms with Crippen LogP contribution in [-0.4, -0.2) is 36.1 Å². The summed E-state index contributed by atoms with van der Waals surface area (Å²) in [7, 11) is 0. The predicted molar refractivity (Wildman–Crippen MR) is 94.9 cm³/mol. The van der Waals surface area contributed by atoms with Crippen molar-refractivity contribution in [1.29, 1.82) is 5.26 Å². The van der Waals surface area contributed by atoms with E-state index in [1.54, 1.807) is 12.3 Å². The van der Waals surface area contributed by atoms with Crippen LogP contribution in [0.1, 0.15) is 35.6 Å². The number of benzene rings is 1. The van der Waals surface area contributed by atoms with Crippen molar-refractivity contribution in [2.75, 3.05) is 31.1 Å². The number of hydrogen-bond acceptors (Lipinski definition) is 4. The molecule has 0 spiro atoms. The molecule has 4 nitrogen and oxygen atoms in total. The van der Waals surface area contributed by atoms with E-state index >= 15 is 0 Å². The number of hydrogen-bond donors (Lipinski definition) is 0. The highest BCUT2D eigenvalue weighted by molar-refractivity contribution is 5.45. The topological polar surface area (TPSA) is 43.2 Å².